The summed E-state index contributed by atoms with van der Waals surface area (Å²) in [6.07, 6.45) is 4.26. The van der Waals surface area contributed by atoms with Gasteiger partial charge in [0.15, 0.2) is 0 Å². The van der Waals surface area contributed by atoms with Crippen LogP contribution in [0.5, 0.6) is 0 Å². The second-order valence-electron chi connectivity index (χ2n) is 8.53. The second-order valence-corrected chi connectivity index (χ2v) is 8.53. The van der Waals surface area contributed by atoms with Gasteiger partial charge in [0.05, 0.1) is 12.0 Å². The molecule has 3 fully saturated rings. The number of benzene rings is 1. The van der Waals surface area contributed by atoms with Gasteiger partial charge in [-0.25, -0.2) is 0 Å². The number of hydrogen-bond acceptors (Lipinski definition) is 4. The summed E-state index contributed by atoms with van der Waals surface area (Å²) in [4.78, 5) is 20.0. The monoisotopic (exact) mass is 352 g/mol. The van der Waals surface area contributed by atoms with E-state index >= 15 is 0 Å². The van der Waals surface area contributed by atoms with E-state index in [1.165, 1.54) is 16.8 Å². The van der Waals surface area contributed by atoms with Crippen LogP contribution in [0.25, 0.3) is 0 Å². The van der Waals surface area contributed by atoms with E-state index in [0.717, 1.165) is 64.1 Å². The second kappa shape index (κ2) is 6.17. The van der Waals surface area contributed by atoms with Crippen molar-refractivity contribution in [3.8, 4) is 0 Å². The van der Waals surface area contributed by atoms with Gasteiger partial charge in [-0.1, -0.05) is 6.07 Å². The highest BCUT2D eigenvalue weighted by Gasteiger charge is 2.48. The number of aliphatic imine (C=N–C) groups is 1. The van der Waals surface area contributed by atoms with Gasteiger partial charge in [-0.15, -0.1) is 0 Å². The minimum atomic E-state index is -0.152. The first-order valence-corrected chi connectivity index (χ1v) is 10.1. The van der Waals surface area contributed by atoms with Crippen molar-refractivity contribution in [1.29, 1.82) is 0 Å². The molecule has 0 aromatic heterocycles. The lowest BCUT2D eigenvalue weighted by Gasteiger charge is -2.29. The van der Waals surface area contributed by atoms with E-state index in [2.05, 4.69) is 35.8 Å². The first-order chi connectivity index (χ1) is 12.7. The number of rotatable bonds is 2. The Hall–Kier alpha value is -1.72. The number of nitrogens with one attached hydrogen (secondary N) is 2. The molecule has 5 rings (SSSR count). The molecule has 1 aromatic carbocycles. The van der Waals surface area contributed by atoms with Gasteiger partial charge in [-0.2, -0.15) is 0 Å². The zero-order chi connectivity index (χ0) is 17.7. The fourth-order valence-corrected chi connectivity index (χ4v) is 5.30. The van der Waals surface area contributed by atoms with Gasteiger partial charge in [0, 0.05) is 42.0 Å². The molecule has 0 radical (unpaired) electrons. The summed E-state index contributed by atoms with van der Waals surface area (Å²) in [5.41, 5.74) is 4.80. The molecule has 138 valence electrons. The van der Waals surface area contributed by atoms with E-state index < -0.39 is 0 Å². The average molecular weight is 352 g/mol. The standard InChI is InChI=1S/C21H28N4O/c1-14-10-15(4-7-23-14)19-18-11-17(3-2-16(18)12-24-19)25-9-6-21(20(25)26)5-8-22-13-21/h2-3,11,14-15,22-23H,4-10,12-13H2,1H3/t14?,15?,21-/m0/s1. The van der Waals surface area contributed by atoms with Crippen molar-refractivity contribution in [3.05, 3.63) is 29.3 Å². The third kappa shape index (κ3) is 2.52. The Labute approximate surface area is 155 Å². The Morgan fingerprint density at radius 3 is 3.00 bits per heavy atom. The number of fused-ring (bicyclic) bond motifs is 1. The summed E-state index contributed by atoms with van der Waals surface area (Å²) in [5, 5.41) is 6.92. The molecule has 0 saturated carbocycles. The molecule has 0 aliphatic carbocycles. The third-order valence-electron chi connectivity index (χ3n) is 6.87. The lowest BCUT2D eigenvalue weighted by Crippen LogP contribution is -2.38. The number of piperidine rings is 1. The molecule has 5 nitrogen and oxygen atoms in total. The maximum atomic E-state index is 13.1. The number of amides is 1. The average Bonchev–Trinajstić information content (AvgIpc) is 3.36. The van der Waals surface area contributed by atoms with Crippen LogP contribution in [0.3, 0.4) is 0 Å². The highest BCUT2D eigenvalue weighted by atomic mass is 16.2. The van der Waals surface area contributed by atoms with E-state index in [9.17, 15) is 4.79 Å². The molecule has 4 aliphatic rings. The minimum absolute atomic E-state index is 0.152. The largest absolute Gasteiger partial charge is 0.316 e. The van der Waals surface area contributed by atoms with Gasteiger partial charge in [-0.3, -0.25) is 9.79 Å². The van der Waals surface area contributed by atoms with Crippen molar-refractivity contribution >= 4 is 17.3 Å². The van der Waals surface area contributed by atoms with Crippen LogP contribution < -0.4 is 15.5 Å². The van der Waals surface area contributed by atoms with Gasteiger partial charge in [0.1, 0.15) is 0 Å². The molecule has 2 N–H and O–H groups in total. The van der Waals surface area contributed by atoms with Crippen molar-refractivity contribution in [2.24, 2.45) is 16.3 Å². The summed E-state index contributed by atoms with van der Waals surface area (Å²) in [5.74, 6) is 0.858. The van der Waals surface area contributed by atoms with Crippen LogP contribution in [-0.4, -0.2) is 43.8 Å². The molecule has 26 heavy (non-hydrogen) atoms. The molecule has 2 unspecified atom stereocenters. The maximum Gasteiger partial charge on any atom is 0.234 e. The maximum absolute atomic E-state index is 13.1. The molecular weight excluding hydrogens is 324 g/mol. The molecule has 1 spiro atoms. The van der Waals surface area contributed by atoms with Crippen molar-refractivity contribution in [3.63, 3.8) is 0 Å². The van der Waals surface area contributed by atoms with Crippen LogP contribution in [0.15, 0.2) is 23.2 Å². The number of hydrogen-bond donors (Lipinski definition) is 2. The van der Waals surface area contributed by atoms with E-state index in [4.69, 9.17) is 4.99 Å². The Balaban J connectivity index is 1.42. The molecule has 4 heterocycles. The smallest absolute Gasteiger partial charge is 0.234 e. The van der Waals surface area contributed by atoms with Gasteiger partial charge < -0.3 is 15.5 Å². The Morgan fingerprint density at radius 1 is 1.27 bits per heavy atom. The van der Waals surface area contributed by atoms with Crippen LogP contribution in [0.4, 0.5) is 5.69 Å². The number of carbonyl (C=O) groups excluding carboxylic acids is 1. The van der Waals surface area contributed by atoms with Crippen molar-refractivity contribution in [2.75, 3.05) is 31.1 Å². The quantitative estimate of drug-likeness (QED) is 0.857. The highest BCUT2D eigenvalue weighted by Crippen LogP contribution is 2.40. The van der Waals surface area contributed by atoms with Crippen molar-refractivity contribution < 1.29 is 4.79 Å². The van der Waals surface area contributed by atoms with Gasteiger partial charge >= 0.3 is 0 Å². The number of carbonyl (C=O) groups is 1. The Morgan fingerprint density at radius 2 is 2.19 bits per heavy atom. The van der Waals surface area contributed by atoms with Crippen LogP contribution in [-0.2, 0) is 11.3 Å². The van der Waals surface area contributed by atoms with E-state index in [1.807, 2.05) is 4.90 Å². The van der Waals surface area contributed by atoms with Crippen molar-refractivity contribution in [1.82, 2.24) is 10.6 Å². The fourth-order valence-electron chi connectivity index (χ4n) is 5.30. The summed E-state index contributed by atoms with van der Waals surface area (Å²) < 4.78 is 0. The molecule has 1 amide bonds. The normalized spacial score (nSPS) is 33.8. The van der Waals surface area contributed by atoms with Crippen molar-refractivity contribution in [2.45, 2.75) is 45.2 Å². The zero-order valence-electron chi connectivity index (χ0n) is 15.6. The predicted octanol–water partition coefficient (Wildman–Crippen LogP) is 2.09. The molecule has 3 saturated heterocycles. The van der Waals surface area contributed by atoms with Crippen LogP contribution >= 0.6 is 0 Å². The predicted molar refractivity (Wildman–Crippen MR) is 104 cm³/mol. The molecule has 1 aromatic rings. The first-order valence-electron chi connectivity index (χ1n) is 10.1. The Kier molecular flexibility index (Phi) is 3.90. The number of anilines is 1. The molecular formula is C21H28N4O. The van der Waals surface area contributed by atoms with Gasteiger partial charge in [0.2, 0.25) is 5.91 Å². The summed E-state index contributed by atoms with van der Waals surface area (Å²) in [6.45, 7) is 6.78. The number of nitrogens with zero attached hydrogens (tertiary/aromatic N) is 2. The van der Waals surface area contributed by atoms with Crippen LogP contribution in [0.2, 0.25) is 0 Å². The van der Waals surface area contributed by atoms with E-state index in [-0.39, 0.29) is 5.41 Å². The van der Waals surface area contributed by atoms with Gasteiger partial charge in [0.25, 0.3) is 0 Å². The summed E-state index contributed by atoms with van der Waals surface area (Å²) >= 11 is 0. The lowest BCUT2D eigenvalue weighted by atomic mass is 9.85. The zero-order valence-corrected chi connectivity index (χ0v) is 15.6. The summed E-state index contributed by atoms with van der Waals surface area (Å²) in [7, 11) is 0. The first kappa shape index (κ1) is 16.5. The van der Waals surface area contributed by atoms with E-state index in [1.54, 1.807) is 0 Å². The molecule has 0 bridgehead atoms. The highest BCUT2D eigenvalue weighted by molar-refractivity contribution is 6.07. The topological polar surface area (TPSA) is 56.7 Å². The van der Waals surface area contributed by atoms with Crippen LogP contribution in [0.1, 0.15) is 43.7 Å². The van der Waals surface area contributed by atoms with Crippen LogP contribution in [0, 0.1) is 11.3 Å². The molecule has 4 aliphatic heterocycles. The van der Waals surface area contributed by atoms with E-state index in [0.29, 0.717) is 17.9 Å². The SMILES string of the molecule is CC1CC(C2=NCc3ccc(N4CC[C@]5(CCNC5)C4=O)cc32)CCN1. The third-order valence-corrected chi connectivity index (χ3v) is 6.87. The lowest BCUT2D eigenvalue weighted by molar-refractivity contribution is -0.124. The Bertz CT molecular complexity index is 765. The summed E-state index contributed by atoms with van der Waals surface area (Å²) in [6, 6.07) is 7.12. The minimum Gasteiger partial charge on any atom is -0.316 e. The molecule has 5 heteroatoms. The van der Waals surface area contributed by atoms with Gasteiger partial charge in [-0.05, 0) is 63.4 Å². The fraction of sp³-hybridized carbons (Fsp3) is 0.619. The molecule has 3 atom stereocenters.